The van der Waals surface area contributed by atoms with E-state index >= 15 is 0 Å². The molecule has 2 aromatic carbocycles. The van der Waals surface area contributed by atoms with Crippen LogP contribution in [0.15, 0.2) is 24.3 Å². The van der Waals surface area contributed by atoms with Gasteiger partial charge in [-0.25, -0.2) is 17.6 Å². The summed E-state index contributed by atoms with van der Waals surface area (Å²) in [5.41, 5.74) is -0.653. The highest BCUT2D eigenvalue weighted by molar-refractivity contribution is 6.67. The zero-order valence-corrected chi connectivity index (χ0v) is 11.2. The van der Waals surface area contributed by atoms with Crippen molar-refractivity contribution < 1.29 is 27.0 Å². The zero-order chi connectivity index (χ0) is 15.6. The lowest BCUT2D eigenvalue weighted by atomic mass is 9.63. The molecule has 1 radical (unpaired) electrons. The van der Waals surface area contributed by atoms with E-state index in [9.17, 15) is 17.6 Å². The fourth-order valence-electron chi connectivity index (χ4n) is 1.78. The van der Waals surface area contributed by atoms with E-state index in [2.05, 4.69) is 0 Å². The van der Waals surface area contributed by atoms with Crippen LogP contribution in [-0.2, 0) is 0 Å². The molecular weight excluding hydrogens is 287 g/mol. The molecule has 2 nitrogen and oxygen atoms in total. The minimum absolute atomic E-state index is 0.000640. The molecule has 0 aliphatic rings. The van der Waals surface area contributed by atoms with Gasteiger partial charge in [0.05, 0.1) is 14.2 Å². The molecule has 2 aromatic rings. The highest BCUT2D eigenvalue weighted by Gasteiger charge is 2.18. The molecule has 0 saturated carbocycles. The Labute approximate surface area is 119 Å². The van der Waals surface area contributed by atoms with E-state index in [1.165, 1.54) is 14.2 Å². The molecule has 0 aliphatic carbocycles. The quantitative estimate of drug-likeness (QED) is 0.634. The topological polar surface area (TPSA) is 18.5 Å². The van der Waals surface area contributed by atoms with Crippen molar-refractivity contribution in [3.05, 3.63) is 47.5 Å². The van der Waals surface area contributed by atoms with E-state index in [1.54, 1.807) is 0 Å². The van der Waals surface area contributed by atoms with Gasteiger partial charge < -0.3 is 9.47 Å². The Kier molecular flexibility index (Phi) is 4.40. The maximum atomic E-state index is 13.8. The predicted octanol–water partition coefficient (Wildman–Crippen LogP) is 1.92. The molecule has 0 unspecified atom stereocenters. The summed E-state index contributed by atoms with van der Waals surface area (Å²) in [5, 5.41) is 0. The lowest BCUT2D eigenvalue weighted by Crippen LogP contribution is -2.34. The SMILES string of the molecule is COc1cc(F)c([B]c2cc(OC)c(F)cc2F)c(F)c1. The summed E-state index contributed by atoms with van der Waals surface area (Å²) in [6.07, 6.45) is 0. The Balaban J connectivity index is 2.43. The van der Waals surface area contributed by atoms with Gasteiger partial charge in [-0.05, 0) is 17.0 Å². The summed E-state index contributed by atoms with van der Waals surface area (Å²) in [6, 6.07) is 3.54. The molecule has 0 fully saturated rings. The van der Waals surface area contributed by atoms with E-state index in [-0.39, 0.29) is 17.0 Å². The van der Waals surface area contributed by atoms with Gasteiger partial charge in [0.15, 0.2) is 11.6 Å². The number of methoxy groups -OCH3 is 2. The first kappa shape index (κ1) is 15.2. The van der Waals surface area contributed by atoms with Crippen LogP contribution in [0.3, 0.4) is 0 Å². The number of halogens is 4. The summed E-state index contributed by atoms with van der Waals surface area (Å²) in [6.45, 7) is 0. The van der Waals surface area contributed by atoms with Gasteiger partial charge in [-0.2, -0.15) is 0 Å². The summed E-state index contributed by atoms with van der Waals surface area (Å²) < 4.78 is 64.0. The molecule has 0 aromatic heterocycles. The molecule has 7 heteroatoms. The van der Waals surface area contributed by atoms with Crippen molar-refractivity contribution in [3.63, 3.8) is 0 Å². The predicted molar refractivity (Wildman–Crippen MR) is 70.8 cm³/mol. The molecule has 0 atom stereocenters. The Hall–Kier alpha value is -2.18. The van der Waals surface area contributed by atoms with Gasteiger partial charge in [-0.15, -0.1) is 0 Å². The maximum Gasteiger partial charge on any atom is 0.203 e. The third-order valence-electron chi connectivity index (χ3n) is 2.86. The first-order valence-corrected chi connectivity index (χ1v) is 5.87. The lowest BCUT2D eigenvalue weighted by Gasteiger charge is -2.09. The van der Waals surface area contributed by atoms with Crippen molar-refractivity contribution in [2.45, 2.75) is 0 Å². The average molecular weight is 297 g/mol. The second-order valence-corrected chi connectivity index (χ2v) is 4.16. The molecule has 0 bridgehead atoms. The molecule has 0 spiro atoms. The number of benzene rings is 2. The van der Waals surface area contributed by atoms with Gasteiger partial charge in [-0.1, -0.05) is 0 Å². The molecule has 0 heterocycles. The first-order chi connectivity index (χ1) is 9.96. The summed E-state index contributed by atoms with van der Waals surface area (Å²) in [4.78, 5) is 0. The normalized spacial score (nSPS) is 10.4. The Morgan fingerprint density at radius 1 is 0.762 bits per heavy atom. The van der Waals surface area contributed by atoms with Crippen LogP contribution in [0, 0.1) is 23.3 Å². The Bertz CT molecular complexity index is 653. The van der Waals surface area contributed by atoms with E-state index in [1.807, 2.05) is 0 Å². The molecular formula is C14H10BF4O2. The standard InChI is InChI=1S/C14H10BF4O2/c1-20-7-3-11(18)14(12(19)4-7)15-8-5-13(21-2)10(17)6-9(8)16/h3-6H,1-2H3. The van der Waals surface area contributed by atoms with E-state index in [4.69, 9.17) is 9.47 Å². The van der Waals surface area contributed by atoms with Gasteiger partial charge in [-0.3, -0.25) is 0 Å². The van der Waals surface area contributed by atoms with E-state index in [0.717, 1.165) is 25.5 Å². The van der Waals surface area contributed by atoms with Gasteiger partial charge in [0.1, 0.15) is 23.2 Å². The van der Waals surface area contributed by atoms with E-state index in [0.29, 0.717) is 6.07 Å². The highest BCUT2D eigenvalue weighted by Crippen LogP contribution is 2.16. The fourth-order valence-corrected chi connectivity index (χ4v) is 1.78. The molecule has 109 valence electrons. The number of hydrogen-bond donors (Lipinski definition) is 0. The summed E-state index contributed by atoms with van der Waals surface area (Å²) in [5.74, 6) is -3.92. The minimum Gasteiger partial charge on any atom is -0.497 e. The minimum atomic E-state index is -0.956. The van der Waals surface area contributed by atoms with Crippen molar-refractivity contribution in [3.8, 4) is 11.5 Å². The summed E-state index contributed by atoms with van der Waals surface area (Å²) in [7, 11) is 3.40. The highest BCUT2D eigenvalue weighted by atomic mass is 19.1. The first-order valence-electron chi connectivity index (χ1n) is 5.87. The van der Waals surface area contributed by atoms with Gasteiger partial charge in [0.25, 0.3) is 0 Å². The van der Waals surface area contributed by atoms with E-state index < -0.39 is 28.7 Å². The van der Waals surface area contributed by atoms with Crippen molar-refractivity contribution in [1.82, 2.24) is 0 Å². The third kappa shape index (κ3) is 3.12. The van der Waals surface area contributed by atoms with Crippen LogP contribution in [0.25, 0.3) is 0 Å². The number of ether oxygens (including phenoxy) is 2. The van der Waals surface area contributed by atoms with Crippen molar-refractivity contribution in [1.29, 1.82) is 0 Å². The Morgan fingerprint density at radius 2 is 1.38 bits per heavy atom. The van der Waals surface area contributed by atoms with Crippen molar-refractivity contribution >= 4 is 18.2 Å². The van der Waals surface area contributed by atoms with Gasteiger partial charge >= 0.3 is 0 Å². The van der Waals surface area contributed by atoms with Crippen molar-refractivity contribution in [2.75, 3.05) is 14.2 Å². The lowest BCUT2D eigenvalue weighted by molar-refractivity contribution is 0.385. The number of hydrogen-bond acceptors (Lipinski definition) is 2. The smallest absolute Gasteiger partial charge is 0.203 e. The second-order valence-electron chi connectivity index (χ2n) is 4.16. The van der Waals surface area contributed by atoms with Crippen LogP contribution < -0.4 is 20.4 Å². The number of rotatable bonds is 4. The third-order valence-corrected chi connectivity index (χ3v) is 2.86. The molecule has 0 aliphatic heterocycles. The van der Waals surface area contributed by atoms with Crippen LogP contribution >= 0.6 is 0 Å². The molecule has 0 saturated heterocycles. The van der Waals surface area contributed by atoms with Crippen LogP contribution in [0.5, 0.6) is 11.5 Å². The Morgan fingerprint density at radius 3 is 1.90 bits per heavy atom. The molecule has 0 N–H and O–H groups in total. The molecule has 21 heavy (non-hydrogen) atoms. The van der Waals surface area contributed by atoms with Gasteiger partial charge in [0.2, 0.25) is 7.28 Å². The van der Waals surface area contributed by atoms with Crippen molar-refractivity contribution in [2.24, 2.45) is 0 Å². The summed E-state index contributed by atoms with van der Waals surface area (Å²) >= 11 is 0. The molecule has 2 rings (SSSR count). The molecule has 0 amide bonds. The van der Waals surface area contributed by atoms with Crippen LogP contribution in [-0.4, -0.2) is 21.5 Å². The van der Waals surface area contributed by atoms with Crippen LogP contribution in [0.4, 0.5) is 17.6 Å². The second kappa shape index (κ2) is 6.07. The fraction of sp³-hybridized carbons (Fsp3) is 0.143. The van der Waals surface area contributed by atoms with Gasteiger partial charge in [0, 0.05) is 18.2 Å². The average Bonchev–Trinajstić information content (AvgIpc) is 2.44. The largest absolute Gasteiger partial charge is 0.497 e. The van der Waals surface area contributed by atoms with Crippen LogP contribution in [0.1, 0.15) is 0 Å². The van der Waals surface area contributed by atoms with Crippen LogP contribution in [0.2, 0.25) is 0 Å². The monoisotopic (exact) mass is 297 g/mol. The zero-order valence-electron chi connectivity index (χ0n) is 11.2. The maximum absolute atomic E-state index is 13.8.